The van der Waals surface area contributed by atoms with Crippen LogP contribution in [0.25, 0.3) is 0 Å². The molecule has 11 heteroatoms. The van der Waals surface area contributed by atoms with Crippen LogP contribution >= 0.6 is 46.1 Å². The molecule has 1 N–H and O–H groups in total. The molecule has 1 aliphatic heterocycles. The zero-order chi connectivity index (χ0) is 23.7. The number of β-amino-alcohol motifs (C(OH)–C–C–N with tert-alkyl or cyclic N) is 1. The van der Waals surface area contributed by atoms with E-state index < -0.39 is 12.0 Å². The average molecular weight is 527 g/mol. The fraction of sp³-hybridized carbons (Fsp3) is 0.227. The summed E-state index contributed by atoms with van der Waals surface area (Å²) in [5, 5.41) is 12.5. The van der Waals surface area contributed by atoms with Crippen molar-refractivity contribution < 1.29 is 19.4 Å². The minimum Gasteiger partial charge on any atom is -0.495 e. The molecule has 2 amide bonds. The number of amides is 2. The molecule has 2 heterocycles. The van der Waals surface area contributed by atoms with Gasteiger partial charge in [-0.25, -0.2) is 4.98 Å². The van der Waals surface area contributed by atoms with Gasteiger partial charge in [0.2, 0.25) is 0 Å². The first-order chi connectivity index (χ1) is 15.8. The van der Waals surface area contributed by atoms with Gasteiger partial charge >= 0.3 is 0 Å². The maximum absolute atomic E-state index is 13.6. The first kappa shape index (κ1) is 23.8. The Labute approximate surface area is 209 Å². The topological polar surface area (TPSA) is 83.0 Å². The second kappa shape index (κ2) is 9.87. The Morgan fingerprint density at radius 2 is 1.97 bits per heavy atom. The monoisotopic (exact) mass is 525 g/mol. The third kappa shape index (κ3) is 4.95. The largest absolute Gasteiger partial charge is 0.495 e. The third-order valence-corrected chi connectivity index (χ3v) is 6.80. The van der Waals surface area contributed by atoms with Crippen LogP contribution < -0.4 is 9.64 Å². The lowest BCUT2D eigenvalue weighted by molar-refractivity contribution is 0.0759. The fourth-order valence-corrected chi connectivity index (χ4v) is 4.94. The van der Waals surface area contributed by atoms with E-state index in [-0.39, 0.29) is 33.9 Å². The number of carbonyl (C=O) groups excluding carboxylic acids is 2. The van der Waals surface area contributed by atoms with E-state index in [9.17, 15) is 14.7 Å². The molecule has 7 nitrogen and oxygen atoms in total. The van der Waals surface area contributed by atoms with Gasteiger partial charge in [-0.1, -0.05) is 34.8 Å². The van der Waals surface area contributed by atoms with E-state index in [2.05, 4.69) is 4.98 Å². The van der Waals surface area contributed by atoms with E-state index in [1.54, 1.807) is 29.6 Å². The number of ether oxygens (including phenoxy) is 1. The van der Waals surface area contributed by atoms with Gasteiger partial charge in [0, 0.05) is 29.6 Å². The van der Waals surface area contributed by atoms with Gasteiger partial charge in [0.25, 0.3) is 11.8 Å². The number of thiazole rings is 1. The van der Waals surface area contributed by atoms with Crippen LogP contribution in [-0.4, -0.2) is 53.1 Å². The molecule has 1 unspecified atom stereocenters. The fourth-order valence-electron chi connectivity index (χ4n) is 3.44. The van der Waals surface area contributed by atoms with Crippen molar-refractivity contribution in [3.63, 3.8) is 0 Å². The highest BCUT2D eigenvalue weighted by atomic mass is 35.5. The minimum atomic E-state index is -0.543. The van der Waals surface area contributed by atoms with Crippen molar-refractivity contribution >= 4 is 68.8 Å². The lowest BCUT2D eigenvalue weighted by Gasteiger charge is -2.21. The Balaban J connectivity index is 1.76. The molecule has 0 radical (unpaired) electrons. The van der Waals surface area contributed by atoms with E-state index in [1.165, 1.54) is 29.0 Å². The number of nitrogens with zero attached hydrogens (tertiary/aromatic N) is 3. The smallest absolute Gasteiger partial charge is 0.273 e. The van der Waals surface area contributed by atoms with Crippen molar-refractivity contribution in [1.29, 1.82) is 0 Å². The summed E-state index contributed by atoms with van der Waals surface area (Å²) in [4.78, 5) is 33.7. The highest BCUT2D eigenvalue weighted by molar-refractivity contribution is 7.14. The summed E-state index contributed by atoms with van der Waals surface area (Å²) >= 11 is 19.6. The number of carbonyl (C=O) groups is 2. The van der Waals surface area contributed by atoms with Crippen LogP contribution in [-0.2, 0) is 0 Å². The third-order valence-electron chi connectivity index (χ3n) is 5.11. The predicted octanol–water partition coefficient (Wildman–Crippen LogP) is 5.30. The van der Waals surface area contributed by atoms with Gasteiger partial charge < -0.3 is 14.7 Å². The number of rotatable bonds is 5. The van der Waals surface area contributed by atoms with E-state index in [0.29, 0.717) is 34.4 Å². The van der Waals surface area contributed by atoms with Crippen LogP contribution in [0.1, 0.15) is 27.3 Å². The van der Waals surface area contributed by atoms with Crippen molar-refractivity contribution in [2.24, 2.45) is 0 Å². The van der Waals surface area contributed by atoms with Gasteiger partial charge in [-0.2, -0.15) is 0 Å². The Morgan fingerprint density at radius 3 is 2.64 bits per heavy atom. The van der Waals surface area contributed by atoms with E-state index in [1.807, 2.05) is 0 Å². The molecule has 0 saturated carbocycles. The Hall–Kier alpha value is -2.36. The molecule has 0 aliphatic carbocycles. The molecule has 1 fully saturated rings. The summed E-state index contributed by atoms with van der Waals surface area (Å²) in [6, 6.07) is 9.42. The number of hydrogen-bond acceptors (Lipinski definition) is 6. The summed E-state index contributed by atoms with van der Waals surface area (Å²) in [6.45, 7) is 0.702. The first-order valence-electron chi connectivity index (χ1n) is 9.84. The van der Waals surface area contributed by atoms with E-state index >= 15 is 0 Å². The zero-order valence-electron chi connectivity index (χ0n) is 17.3. The van der Waals surface area contributed by atoms with Crippen LogP contribution in [0.15, 0.2) is 41.8 Å². The number of aromatic nitrogens is 1. The summed E-state index contributed by atoms with van der Waals surface area (Å²) in [5.74, 6) is -0.404. The summed E-state index contributed by atoms with van der Waals surface area (Å²) in [5.41, 5.74) is 0.822. The molecule has 4 rings (SSSR count). The van der Waals surface area contributed by atoms with Gasteiger partial charge in [0.05, 0.1) is 34.5 Å². The number of hydrogen-bond donors (Lipinski definition) is 1. The Bertz CT molecular complexity index is 1220. The SMILES string of the molecule is COc1cc(N(C(=O)c2ccc(Cl)cc2Cl)c2nc(C(=O)N3CCC(O)C3)cs2)ccc1Cl. The molecule has 1 aliphatic rings. The van der Waals surface area contributed by atoms with Crippen LogP contribution in [0.5, 0.6) is 5.75 Å². The number of halogens is 3. The molecular formula is C22H18Cl3N3O4S. The number of anilines is 2. The van der Waals surface area contributed by atoms with Crippen molar-refractivity contribution in [1.82, 2.24) is 9.88 Å². The molecule has 1 aromatic heterocycles. The van der Waals surface area contributed by atoms with Crippen LogP contribution in [0, 0.1) is 0 Å². The van der Waals surface area contributed by atoms with Crippen molar-refractivity contribution in [2.45, 2.75) is 12.5 Å². The van der Waals surface area contributed by atoms with Gasteiger partial charge in [-0.3, -0.25) is 14.5 Å². The molecule has 1 saturated heterocycles. The number of benzene rings is 2. The van der Waals surface area contributed by atoms with Crippen LogP contribution in [0.4, 0.5) is 10.8 Å². The maximum Gasteiger partial charge on any atom is 0.273 e. The molecule has 172 valence electrons. The van der Waals surface area contributed by atoms with Gasteiger partial charge in [0.1, 0.15) is 11.4 Å². The van der Waals surface area contributed by atoms with E-state index in [0.717, 1.165) is 11.3 Å². The number of methoxy groups -OCH3 is 1. The predicted molar refractivity (Wildman–Crippen MR) is 130 cm³/mol. The first-order valence-corrected chi connectivity index (χ1v) is 11.9. The van der Waals surface area contributed by atoms with Crippen molar-refractivity contribution in [3.05, 3.63) is 68.1 Å². The van der Waals surface area contributed by atoms with Crippen molar-refractivity contribution in [2.75, 3.05) is 25.1 Å². The van der Waals surface area contributed by atoms with Gasteiger partial charge in [-0.15, -0.1) is 11.3 Å². The van der Waals surface area contributed by atoms with E-state index in [4.69, 9.17) is 39.5 Å². The molecule has 1 atom stereocenters. The normalized spacial score (nSPS) is 15.5. The zero-order valence-corrected chi connectivity index (χ0v) is 20.4. The molecular weight excluding hydrogens is 509 g/mol. The standard InChI is InChI=1S/C22H18Cl3N3O4S/c1-32-19-9-13(3-5-16(19)24)28(20(30)15-4-2-12(23)8-17(15)25)22-26-18(11-33-22)21(31)27-7-6-14(29)10-27/h2-5,8-9,11,14,29H,6-7,10H2,1H3. The lowest BCUT2D eigenvalue weighted by atomic mass is 10.2. The molecule has 0 spiro atoms. The number of likely N-dealkylation sites (tertiary alicyclic amines) is 1. The summed E-state index contributed by atoms with van der Waals surface area (Å²) in [7, 11) is 1.47. The van der Waals surface area contributed by atoms with Crippen molar-refractivity contribution in [3.8, 4) is 5.75 Å². The molecule has 3 aromatic rings. The summed E-state index contributed by atoms with van der Waals surface area (Å²) < 4.78 is 5.30. The summed E-state index contributed by atoms with van der Waals surface area (Å²) in [6.07, 6.45) is -0.0220. The highest BCUT2D eigenvalue weighted by Gasteiger charge is 2.30. The average Bonchev–Trinajstić information content (AvgIpc) is 3.44. The molecule has 33 heavy (non-hydrogen) atoms. The quantitative estimate of drug-likeness (QED) is 0.488. The molecule has 0 bridgehead atoms. The minimum absolute atomic E-state index is 0.178. The second-order valence-corrected chi connectivity index (χ2v) is 9.38. The van der Waals surface area contributed by atoms with Crippen LogP contribution in [0.3, 0.4) is 0 Å². The highest BCUT2D eigenvalue weighted by Crippen LogP contribution is 2.37. The number of aliphatic hydroxyl groups excluding tert-OH is 1. The Morgan fingerprint density at radius 1 is 1.18 bits per heavy atom. The van der Waals surface area contributed by atoms with Gasteiger partial charge in [0.15, 0.2) is 5.13 Å². The Kier molecular flexibility index (Phi) is 7.11. The van der Waals surface area contributed by atoms with Crippen LogP contribution in [0.2, 0.25) is 15.1 Å². The second-order valence-electron chi connectivity index (χ2n) is 7.29. The number of aliphatic hydroxyl groups is 1. The maximum atomic E-state index is 13.6. The van der Waals surface area contributed by atoms with Gasteiger partial charge in [-0.05, 0) is 36.8 Å². The lowest BCUT2D eigenvalue weighted by Crippen LogP contribution is -2.30. The molecule has 2 aromatic carbocycles.